The maximum absolute atomic E-state index is 12.6. The molecule has 0 aromatic heterocycles. The number of Topliss-reactive ketones (excluding diaryl/α,β-unsaturated/α-hetero) is 1. The lowest BCUT2D eigenvalue weighted by Crippen LogP contribution is -2.39. The third kappa shape index (κ3) is 3.85. The number of hydrogen-bond acceptors (Lipinski definition) is 6. The Morgan fingerprint density at radius 2 is 1.61 bits per heavy atom. The Kier molecular flexibility index (Phi) is 5.28. The summed E-state index contributed by atoms with van der Waals surface area (Å²) < 4.78 is 11.2. The number of anilines is 2. The molecule has 3 aliphatic rings. The van der Waals surface area contributed by atoms with Crippen LogP contribution in [0.25, 0.3) is 0 Å². The summed E-state index contributed by atoms with van der Waals surface area (Å²) in [5, 5.41) is 0. The first kappa shape index (κ1) is 19.9. The summed E-state index contributed by atoms with van der Waals surface area (Å²) in [6.07, 6.45) is 3.84. The zero-order valence-corrected chi connectivity index (χ0v) is 17.8. The van der Waals surface area contributed by atoms with Crippen molar-refractivity contribution in [3.63, 3.8) is 0 Å². The van der Waals surface area contributed by atoms with E-state index in [9.17, 15) is 9.59 Å². The van der Waals surface area contributed by atoms with Crippen LogP contribution in [0.1, 0.15) is 35.2 Å². The third-order valence-electron chi connectivity index (χ3n) is 6.13. The predicted octanol–water partition coefficient (Wildman–Crippen LogP) is 3.07. The van der Waals surface area contributed by atoms with Crippen LogP contribution in [0.5, 0.6) is 11.5 Å². The van der Waals surface area contributed by atoms with Gasteiger partial charge in [-0.2, -0.15) is 0 Å². The van der Waals surface area contributed by atoms with Gasteiger partial charge in [-0.3, -0.25) is 19.4 Å². The van der Waals surface area contributed by atoms with Crippen LogP contribution in [0.2, 0.25) is 0 Å². The second-order valence-corrected chi connectivity index (χ2v) is 8.45. The summed E-state index contributed by atoms with van der Waals surface area (Å²) in [5.74, 6) is 0.0968. The molecule has 5 rings (SSSR count). The molecule has 0 N–H and O–H groups in total. The van der Waals surface area contributed by atoms with Gasteiger partial charge in [0.15, 0.2) is 11.5 Å². The minimum atomic E-state index is -0.510. The fraction of sp³-hybridized carbons (Fsp3) is 0.417. The topological polar surface area (TPSA) is 62.3 Å². The minimum Gasteiger partial charge on any atom is -0.486 e. The van der Waals surface area contributed by atoms with Gasteiger partial charge in [-0.05, 0) is 50.1 Å². The number of piperidine rings is 1. The Morgan fingerprint density at radius 1 is 0.935 bits per heavy atom. The van der Waals surface area contributed by atoms with Crippen molar-refractivity contribution >= 4 is 23.1 Å². The Hall–Kier alpha value is -3.06. The molecule has 0 radical (unpaired) electrons. The molecule has 0 atom stereocenters. The van der Waals surface area contributed by atoms with Gasteiger partial charge in [0.05, 0.1) is 17.9 Å². The smallest absolute Gasteiger partial charge is 0.300 e. The standard InChI is InChI=1S/C24H27N3O4/c1-25(15-17-5-7-18(8-6-17)26-9-3-2-4-10-26)16-27-20-14-22-21(30-11-12-31-22)13-19(20)23(28)24(27)29/h5-8,13-14H,2-4,9-12,15-16H2,1H3. The molecule has 3 heterocycles. The molecule has 1 saturated heterocycles. The van der Waals surface area contributed by atoms with Crippen LogP contribution < -0.4 is 19.3 Å². The van der Waals surface area contributed by atoms with E-state index in [1.807, 2.05) is 11.9 Å². The molecule has 1 fully saturated rings. The molecule has 2 aromatic carbocycles. The van der Waals surface area contributed by atoms with Crippen molar-refractivity contribution in [1.82, 2.24) is 4.90 Å². The zero-order chi connectivity index (χ0) is 21.4. The van der Waals surface area contributed by atoms with E-state index in [1.165, 1.54) is 35.4 Å². The second-order valence-electron chi connectivity index (χ2n) is 8.45. The first-order valence-corrected chi connectivity index (χ1v) is 10.9. The van der Waals surface area contributed by atoms with Crippen LogP contribution in [0.4, 0.5) is 11.4 Å². The lowest BCUT2D eigenvalue weighted by Gasteiger charge is -2.29. The normalized spacial score (nSPS) is 18.0. The minimum absolute atomic E-state index is 0.324. The van der Waals surface area contributed by atoms with Crippen LogP contribution in [0, 0.1) is 0 Å². The van der Waals surface area contributed by atoms with Crippen molar-refractivity contribution in [2.45, 2.75) is 25.8 Å². The van der Waals surface area contributed by atoms with Gasteiger partial charge < -0.3 is 14.4 Å². The van der Waals surface area contributed by atoms with Gasteiger partial charge in [0.25, 0.3) is 5.78 Å². The zero-order valence-electron chi connectivity index (χ0n) is 17.8. The molecule has 0 bridgehead atoms. The SMILES string of the molecule is CN(Cc1ccc(N2CCCCC2)cc1)CN1C(=O)C(=O)c2cc3c(cc21)OCCO3. The Labute approximate surface area is 182 Å². The highest BCUT2D eigenvalue weighted by Gasteiger charge is 2.38. The number of nitrogens with zero attached hydrogens (tertiary/aromatic N) is 3. The van der Waals surface area contributed by atoms with Crippen molar-refractivity contribution < 1.29 is 19.1 Å². The van der Waals surface area contributed by atoms with Gasteiger partial charge in [-0.15, -0.1) is 0 Å². The number of rotatable bonds is 5. The molecule has 2 aromatic rings. The highest BCUT2D eigenvalue weighted by molar-refractivity contribution is 6.52. The number of hydrogen-bond donors (Lipinski definition) is 0. The van der Waals surface area contributed by atoms with E-state index in [4.69, 9.17) is 9.47 Å². The molecule has 162 valence electrons. The van der Waals surface area contributed by atoms with Gasteiger partial charge >= 0.3 is 5.91 Å². The molecule has 0 unspecified atom stereocenters. The fourth-order valence-electron chi connectivity index (χ4n) is 4.54. The van der Waals surface area contributed by atoms with Gasteiger partial charge in [0, 0.05) is 31.4 Å². The number of carbonyl (C=O) groups is 2. The van der Waals surface area contributed by atoms with Crippen LogP contribution in [-0.4, -0.2) is 56.6 Å². The molecular formula is C24H27N3O4. The van der Waals surface area contributed by atoms with E-state index in [0.717, 1.165) is 13.1 Å². The van der Waals surface area contributed by atoms with E-state index >= 15 is 0 Å². The number of amides is 1. The average Bonchev–Trinajstić information content (AvgIpc) is 3.03. The molecule has 0 saturated carbocycles. The van der Waals surface area contributed by atoms with Crippen molar-refractivity contribution in [2.24, 2.45) is 0 Å². The van der Waals surface area contributed by atoms with Crippen LogP contribution in [0.3, 0.4) is 0 Å². The second kappa shape index (κ2) is 8.23. The summed E-state index contributed by atoms with van der Waals surface area (Å²) in [5.41, 5.74) is 3.41. The first-order chi connectivity index (χ1) is 15.1. The Morgan fingerprint density at radius 3 is 2.32 bits per heavy atom. The van der Waals surface area contributed by atoms with E-state index in [1.54, 1.807) is 12.1 Å². The maximum atomic E-state index is 12.6. The molecule has 0 aliphatic carbocycles. The molecule has 3 aliphatic heterocycles. The number of fused-ring (bicyclic) bond motifs is 2. The van der Waals surface area contributed by atoms with Crippen LogP contribution in [0.15, 0.2) is 36.4 Å². The van der Waals surface area contributed by atoms with Crippen molar-refractivity contribution in [2.75, 3.05) is 49.8 Å². The van der Waals surface area contributed by atoms with Gasteiger partial charge in [0.2, 0.25) is 0 Å². The molecular weight excluding hydrogens is 394 g/mol. The molecule has 7 nitrogen and oxygen atoms in total. The summed E-state index contributed by atoms with van der Waals surface area (Å²) >= 11 is 0. The maximum Gasteiger partial charge on any atom is 0.300 e. The predicted molar refractivity (Wildman–Crippen MR) is 118 cm³/mol. The van der Waals surface area contributed by atoms with Crippen LogP contribution in [-0.2, 0) is 11.3 Å². The lowest BCUT2D eigenvalue weighted by molar-refractivity contribution is -0.114. The summed E-state index contributed by atoms with van der Waals surface area (Å²) in [6.45, 7) is 4.16. The lowest BCUT2D eigenvalue weighted by atomic mass is 10.1. The number of carbonyl (C=O) groups excluding carboxylic acids is 2. The van der Waals surface area contributed by atoms with Gasteiger partial charge in [-0.25, -0.2) is 0 Å². The Balaban J connectivity index is 1.28. The number of ketones is 1. The van der Waals surface area contributed by atoms with E-state index < -0.39 is 11.7 Å². The summed E-state index contributed by atoms with van der Waals surface area (Å²) in [4.78, 5) is 31.2. The van der Waals surface area contributed by atoms with E-state index in [-0.39, 0.29) is 0 Å². The average molecular weight is 421 g/mol. The number of ether oxygens (including phenoxy) is 2. The number of benzene rings is 2. The highest BCUT2D eigenvalue weighted by atomic mass is 16.6. The molecule has 31 heavy (non-hydrogen) atoms. The van der Waals surface area contributed by atoms with Gasteiger partial charge in [0.1, 0.15) is 13.2 Å². The quantitative estimate of drug-likeness (QED) is 0.692. The van der Waals surface area contributed by atoms with Crippen molar-refractivity contribution in [3.8, 4) is 11.5 Å². The molecule has 7 heteroatoms. The molecule has 0 spiro atoms. The largest absolute Gasteiger partial charge is 0.486 e. The summed E-state index contributed by atoms with van der Waals surface area (Å²) in [7, 11) is 1.95. The Bertz CT molecular complexity index is 999. The first-order valence-electron chi connectivity index (χ1n) is 10.9. The van der Waals surface area contributed by atoms with Crippen LogP contribution >= 0.6 is 0 Å². The fourth-order valence-corrected chi connectivity index (χ4v) is 4.54. The van der Waals surface area contributed by atoms with E-state index in [2.05, 4.69) is 29.2 Å². The highest BCUT2D eigenvalue weighted by Crippen LogP contribution is 2.40. The summed E-state index contributed by atoms with van der Waals surface area (Å²) in [6, 6.07) is 12.0. The van der Waals surface area contributed by atoms with Gasteiger partial charge in [-0.1, -0.05) is 12.1 Å². The molecule has 1 amide bonds. The van der Waals surface area contributed by atoms with E-state index in [0.29, 0.717) is 49.2 Å². The monoisotopic (exact) mass is 421 g/mol. The van der Waals surface area contributed by atoms with Crippen molar-refractivity contribution in [3.05, 3.63) is 47.5 Å². The third-order valence-corrected chi connectivity index (χ3v) is 6.13. The van der Waals surface area contributed by atoms with Crippen molar-refractivity contribution in [1.29, 1.82) is 0 Å².